The van der Waals surface area contributed by atoms with Gasteiger partial charge < -0.3 is 10.0 Å². The summed E-state index contributed by atoms with van der Waals surface area (Å²) in [5.41, 5.74) is 0.550. The van der Waals surface area contributed by atoms with Gasteiger partial charge in [0.1, 0.15) is 5.60 Å². The monoisotopic (exact) mass is 233 g/mol. The molecule has 1 N–H and O–H groups in total. The van der Waals surface area contributed by atoms with Gasteiger partial charge in [0.15, 0.2) is 0 Å². The molecule has 0 saturated heterocycles. The fraction of sp³-hybridized carbons (Fsp3) is 0.500. The molecule has 1 heterocycles. The van der Waals surface area contributed by atoms with E-state index in [1.54, 1.807) is 18.9 Å². The lowest BCUT2D eigenvalue weighted by molar-refractivity contribution is -0.136. The lowest BCUT2D eigenvalue weighted by atomic mass is 9.72. The number of carbonyl (C=O) groups excluding carboxylic acids is 1. The Morgan fingerprint density at radius 3 is 2.53 bits per heavy atom. The van der Waals surface area contributed by atoms with Crippen molar-refractivity contribution in [2.45, 2.75) is 26.4 Å². The van der Waals surface area contributed by atoms with E-state index in [1.165, 1.54) is 0 Å². The van der Waals surface area contributed by atoms with Crippen LogP contribution < -0.4 is 4.90 Å². The van der Waals surface area contributed by atoms with E-state index in [9.17, 15) is 9.90 Å². The predicted molar refractivity (Wildman–Crippen MR) is 67.8 cm³/mol. The molecule has 0 aromatic heterocycles. The van der Waals surface area contributed by atoms with E-state index in [2.05, 4.69) is 0 Å². The molecule has 0 fully saturated rings. The summed E-state index contributed by atoms with van der Waals surface area (Å²) in [5.74, 6) is -0.292. The second kappa shape index (κ2) is 3.84. The van der Waals surface area contributed by atoms with Crippen LogP contribution in [0.4, 0.5) is 5.69 Å². The van der Waals surface area contributed by atoms with Gasteiger partial charge in [-0.3, -0.25) is 4.79 Å². The fourth-order valence-electron chi connectivity index (χ4n) is 2.86. The molecule has 3 heteroatoms. The minimum atomic E-state index is -1.09. The number of anilines is 1. The van der Waals surface area contributed by atoms with Crippen LogP contribution in [0.25, 0.3) is 0 Å². The summed E-state index contributed by atoms with van der Waals surface area (Å²) in [6, 6.07) is 7.55. The van der Waals surface area contributed by atoms with Crippen molar-refractivity contribution in [3.05, 3.63) is 29.8 Å². The Labute approximate surface area is 102 Å². The van der Waals surface area contributed by atoms with Gasteiger partial charge in [0.05, 0.1) is 5.92 Å². The normalized spacial score (nSPS) is 28.5. The number of amides is 1. The molecule has 2 rings (SSSR count). The molecule has 0 radical (unpaired) electrons. The van der Waals surface area contributed by atoms with Crippen LogP contribution in [0.2, 0.25) is 0 Å². The van der Waals surface area contributed by atoms with Gasteiger partial charge in [-0.1, -0.05) is 32.0 Å². The van der Waals surface area contributed by atoms with Crippen molar-refractivity contribution in [1.82, 2.24) is 0 Å². The highest BCUT2D eigenvalue weighted by molar-refractivity contribution is 5.99. The number of fused-ring (bicyclic) bond motifs is 1. The third-order valence-electron chi connectivity index (χ3n) is 3.68. The summed E-state index contributed by atoms with van der Waals surface area (Å²) < 4.78 is 0. The highest BCUT2D eigenvalue weighted by Gasteiger charge is 2.47. The molecule has 0 bridgehead atoms. The zero-order chi connectivity index (χ0) is 12.8. The zero-order valence-corrected chi connectivity index (χ0v) is 10.8. The summed E-state index contributed by atoms with van der Waals surface area (Å²) in [7, 11) is 1.77. The Morgan fingerprint density at radius 1 is 1.35 bits per heavy atom. The van der Waals surface area contributed by atoms with Gasteiger partial charge in [-0.2, -0.15) is 0 Å². The van der Waals surface area contributed by atoms with Gasteiger partial charge in [-0.25, -0.2) is 0 Å². The Morgan fingerprint density at radius 2 is 1.94 bits per heavy atom. The summed E-state index contributed by atoms with van der Waals surface area (Å²) in [6.45, 7) is 5.68. The lowest BCUT2D eigenvalue weighted by Crippen LogP contribution is -2.51. The summed E-state index contributed by atoms with van der Waals surface area (Å²) in [5, 5.41) is 10.7. The van der Waals surface area contributed by atoms with E-state index < -0.39 is 5.60 Å². The van der Waals surface area contributed by atoms with Gasteiger partial charge in [0, 0.05) is 18.3 Å². The Balaban J connectivity index is 2.63. The van der Waals surface area contributed by atoms with Crippen LogP contribution in [0.5, 0.6) is 0 Å². The van der Waals surface area contributed by atoms with Gasteiger partial charge in [0.25, 0.3) is 0 Å². The highest BCUT2D eigenvalue weighted by atomic mass is 16.3. The first-order valence-corrected chi connectivity index (χ1v) is 5.96. The Bertz CT molecular complexity index is 451. The SMILES string of the molecule is CC(C)C1C(=O)N(C)c2ccccc2C1(C)O. The average Bonchev–Trinajstić information content (AvgIpc) is 2.25. The van der Waals surface area contributed by atoms with Crippen LogP contribution in [0, 0.1) is 11.8 Å². The molecular formula is C14H19NO2. The van der Waals surface area contributed by atoms with E-state index >= 15 is 0 Å². The van der Waals surface area contributed by atoms with Crippen molar-refractivity contribution < 1.29 is 9.90 Å². The maximum absolute atomic E-state index is 12.3. The fourth-order valence-corrected chi connectivity index (χ4v) is 2.86. The van der Waals surface area contributed by atoms with Crippen LogP contribution in [0.3, 0.4) is 0 Å². The molecule has 2 atom stereocenters. The molecule has 2 unspecified atom stereocenters. The number of hydrogen-bond acceptors (Lipinski definition) is 2. The largest absolute Gasteiger partial charge is 0.385 e. The molecule has 1 aliphatic rings. The van der Waals surface area contributed by atoms with Crippen molar-refractivity contribution in [1.29, 1.82) is 0 Å². The zero-order valence-electron chi connectivity index (χ0n) is 10.8. The van der Waals surface area contributed by atoms with Crippen LogP contribution in [0.1, 0.15) is 26.3 Å². The number of carbonyl (C=O) groups is 1. The first kappa shape index (κ1) is 12.1. The van der Waals surface area contributed by atoms with Gasteiger partial charge in [-0.05, 0) is 18.9 Å². The van der Waals surface area contributed by atoms with E-state index in [0.717, 1.165) is 11.3 Å². The third kappa shape index (κ3) is 1.65. The topological polar surface area (TPSA) is 40.5 Å². The molecule has 92 valence electrons. The number of aliphatic hydroxyl groups is 1. The number of para-hydroxylation sites is 1. The number of benzene rings is 1. The van der Waals surface area contributed by atoms with Gasteiger partial charge >= 0.3 is 0 Å². The summed E-state index contributed by atoms with van der Waals surface area (Å²) in [6.07, 6.45) is 0. The Kier molecular flexibility index (Phi) is 2.74. The maximum Gasteiger partial charge on any atom is 0.233 e. The summed E-state index contributed by atoms with van der Waals surface area (Å²) >= 11 is 0. The van der Waals surface area contributed by atoms with Crippen molar-refractivity contribution in [3.8, 4) is 0 Å². The molecule has 1 aliphatic heterocycles. The van der Waals surface area contributed by atoms with Gasteiger partial charge in [-0.15, -0.1) is 0 Å². The lowest BCUT2D eigenvalue weighted by Gasteiger charge is -2.43. The van der Waals surface area contributed by atoms with Gasteiger partial charge in [0.2, 0.25) is 5.91 Å². The first-order chi connectivity index (χ1) is 7.87. The maximum atomic E-state index is 12.3. The van der Waals surface area contributed by atoms with Crippen molar-refractivity contribution >= 4 is 11.6 Å². The molecule has 17 heavy (non-hydrogen) atoms. The van der Waals surface area contributed by atoms with Crippen molar-refractivity contribution in [2.75, 3.05) is 11.9 Å². The highest BCUT2D eigenvalue weighted by Crippen LogP contribution is 2.44. The van der Waals surface area contributed by atoms with E-state index in [-0.39, 0.29) is 17.7 Å². The minimum Gasteiger partial charge on any atom is -0.385 e. The minimum absolute atomic E-state index is 0.0105. The quantitative estimate of drug-likeness (QED) is 0.807. The molecule has 1 amide bonds. The molecular weight excluding hydrogens is 214 g/mol. The van der Waals surface area contributed by atoms with Crippen LogP contribution in [-0.4, -0.2) is 18.1 Å². The molecule has 1 aromatic rings. The number of hydrogen-bond donors (Lipinski definition) is 1. The average molecular weight is 233 g/mol. The molecule has 0 aliphatic carbocycles. The van der Waals surface area contributed by atoms with Crippen LogP contribution in [0.15, 0.2) is 24.3 Å². The van der Waals surface area contributed by atoms with E-state index in [4.69, 9.17) is 0 Å². The van der Waals surface area contributed by atoms with Crippen LogP contribution in [-0.2, 0) is 10.4 Å². The third-order valence-corrected chi connectivity index (χ3v) is 3.68. The summed E-state index contributed by atoms with van der Waals surface area (Å²) in [4.78, 5) is 14.0. The molecule has 0 spiro atoms. The number of rotatable bonds is 1. The van der Waals surface area contributed by atoms with E-state index in [0.29, 0.717) is 0 Å². The molecule has 0 saturated carbocycles. The predicted octanol–water partition coefficient (Wildman–Crippen LogP) is 2.14. The van der Waals surface area contributed by atoms with E-state index in [1.807, 2.05) is 38.1 Å². The standard InChI is InChI=1S/C14H19NO2/c1-9(2)12-13(16)15(4)11-8-6-5-7-10(11)14(12,3)17/h5-9,12,17H,1-4H3. The van der Waals surface area contributed by atoms with Crippen molar-refractivity contribution in [3.63, 3.8) is 0 Å². The first-order valence-electron chi connectivity index (χ1n) is 5.96. The number of nitrogens with zero attached hydrogens (tertiary/aromatic N) is 1. The Hall–Kier alpha value is -1.35. The second-order valence-corrected chi connectivity index (χ2v) is 5.28. The van der Waals surface area contributed by atoms with Crippen LogP contribution >= 0.6 is 0 Å². The van der Waals surface area contributed by atoms with Crippen molar-refractivity contribution in [2.24, 2.45) is 11.8 Å². The second-order valence-electron chi connectivity index (χ2n) is 5.28. The molecule has 1 aromatic carbocycles. The smallest absolute Gasteiger partial charge is 0.233 e. The molecule has 3 nitrogen and oxygen atoms in total.